The number of carbonyl (C=O) groups excluding carboxylic acids is 1. The van der Waals surface area contributed by atoms with E-state index in [1.807, 2.05) is 24.4 Å². The number of hydrogen-bond acceptors (Lipinski definition) is 5. The molecule has 0 bridgehead atoms. The molecule has 0 aliphatic rings. The van der Waals surface area contributed by atoms with E-state index in [4.69, 9.17) is 9.84 Å². The Morgan fingerprint density at radius 2 is 2.00 bits per heavy atom. The standard InChI is InChI=1S/C17H20N2O4S/c1-3-15-18-13(11-24-15)8-16(20)19(2)9-12-4-6-14(7-5-12)23-10-17(21)22/h4-7,11H,3,8-10H2,1-2H3,(H,21,22). The average molecular weight is 348 g/mol. The molecule has 0 radical (unpaired) electrons. The summed E-state index contributed by atoms with van der Waals surface area (Å²) in [4.78, 5) is 28.8. The van der Waals surface area contributed by atoms with E-state index in [1.165, 1.54) is 0 Å². The average Bonchev–Trinajstić information content (AvgIpc) is 3.01. The molecule has 0 fully saturated rings. The smallest absolute Gasteiger partial charge is 0.341 e. The van der Waals surface area contributed by atoms with Crippen LogP contribution in [0, 0.1) is 0 Å². The summed E-state index contributed by atoms with van der Waals surface area (Å²) < 4.78 is 5.08. The second-order valence-electron chi connectivity index (χ2n) is 5.34. The van der Waals surface area contributed by atoms with Crippen LogP contribution in [0.25, 0.3) is 0 Å². The first-order chi connectivity index (χ1) is 11.5. The zero-order valence-electron chi connectivity index (χ0n) is 13.7. The van der Waals surface area contributed by atoms with Gasteiger partial charge in [-0.2, -0.15) is 0 Å². The summed E-state index contributed by atoms with van der Waals surface area (Å²) in [6.45, 7) is 2.15. The van der Waals surface area contributed by atoms with Gasteiger partial charge in [0.25, 0.3) is 0 Å². The maximum atomic E-state index is 12.3. The lowest BCUT2D eigenvalue weighted by Gasteiger charge is -2.17. The van der Waals surface area contributed by atoms with Crippen LogP contribution >= 0.6 is 11.3 Å². The van der Waals surface area contributed by atoms with Crippen molar-refractivity contribution in [1.29, 1.82) is 0 Å². The fourth-order valence-electron chi connectivity index (χ4n) is 2.08. The first-order valence-corrected chi connectivity index (χ1v) is 8.46. The molecule has 1 aromatic heterocycles. The molecule has 24 heavy (non-hydrogen) atoms. The first-order valence-electron chi connectivity index (χ1n) is 7.58. The Balaban J connectivity index is 1.87. The monoisotopic (exact) mass is 348 g/mol. The number of likely N-dealkylation sites (N-methyl/N-ethyl adjacent to an activating group) is 1. The van der Waals surface area contributed by atoms with E-state index < -0.39 is 5.97 Å². The highest BCUT2D eigenvalue weighted by Crippen LogP contribution is 2.15. The maximum absolute atomic E-state index is 12.3. The van der Waals surface area contributed by atoms with Crippen LogP contribution in [0.3, 0.4) is 0 Å². The molecule has 0 spiro atoms. The Labute approximate surface area is 144 Å². The van der Waals surface area contributed by atoms with Gasteiger partial charge in [-0.05, 0) is 24.1 Å². The van der Waals surface area contributed by atoms with Crippen LogP contribution in [0.1, 0.15) is 23.2 Å². The van der Waals surface area contributed by atoms with Crippen molar-refractivity contribution in [1.82, 2.24) is 9.88 Å². The zero-order chi connectivity index (χ0) is 17.5. The molecule has 2 aromatic rings. The Hall–Kier alpha value is -2.41. The van der Waals surface area contributed by atoms with Gasteiger partial charge in [0, 0.05) is 19.0 Å². The first kappa shape index (κ1) is 17.9. The summed E-state index contributed by atoms with van der Waals surface area (Å²) >= 11 is 1.58. The zero-order valence-corrected chi connectivity index (χ0v) is 14.5. The van der Waals surface area contributed by atoms with Gasteiger partial charge in [0.05, 0.1) is 17.1 Å². The van der Waals surface area contributed by atoms with Crippen molar-refractivity contribution in [3.05, 3.63) is 45.9 Å². The minimum Gasteiger partial charge on any atom is -0.482 e. The molecule has 1 N–H and O–H groups in total. The molecule has 7 heteroatoms. The third-order valence-corrected chi connectivity index (χ3v) is 4.41. The van der Waals surface area contributed by atoms with E-state index in [9.17, 15) is 9.59 Å². The molecular weight excluding hydrogens is 328 g/mol. The Morgan fingerprint density at radius 1 is 1.29 bits per heavy atom. The highest BCUT2D eigenvalue weighted by molar-refractivity contribution is 7.09. The molecule has 1 amide bonds. The van der Waals surface area contributed by atoms with Crippen molar-refractivity contribution in [2.75, 3.05) is 13.7 Å². The van der Waals surface area contributed by atoms with Gasteiger partial charge < -0.3 is 14.7 Å². The van der Waals surface area contributed by atoms with Crippen molar-refractivity contribution >= 4 is 23.2 Å². The predicted octanol–water partition coefficient (Wildman–Crippen LogP) is 2.37. The van der Waals surface area contributed by atoms with Gasteiger partial charge in [-0.15, -0.1) is 11.3 Å². The largest absolute Gasteiger partial charge is 0.482 e. The summed E-state index contributed by atoms with van der Waals surface area (Å²) in [5, 5.41) is 11.5. The topological polar surface area (TPSA) is 79.7 Å². The number of amides is 1. The number of carboxylic acid groups (broad SMARTS) is 1. The van der Waals surface area contributed by atoms with Crippen LogP contribution in [-0.4, -0.2) is 40.5 Å². The molecule has 0 saturated carbocycles. The second kappa shape index (κ2) is 8.44. The van der Waals surface area contributed by atoms with Crippen LogP contribution in [0.15, 0.2) is 29.6 Å². The van der Waals surface area contributed by atoms with Crippen molar-refractivity contribution in [2.24, 2.45) is 0 Å². The van der Waals surface area contributed by atoms with E-state index in [-0.39, 0.29) is 12.5 Å². The van der Waals surface area contributed by atoms with Crippen LogP contribution in [0.4, 0.5) is 0 Å². The lowest BCUT2D eigenvalue weighted by Crippen LogP contribution is -2.27. The highest BCUT2D eigenvalue weighted by atomic mass is 32.1. The fraction of sp³-hybridized carbons (Fsp3) is 0.353. The molecule has 0 aliphatic carbocycles. The van der Waals surface area contributed by atoms with E-state index in [1.54, 1.807) is 35.4 Å². The number of aliphatic carboxylic acids is 1. The Kier molecular flexibility index (Phi) is 6.31. The Bertz CT molecular complexity index is 697. The normalized spacial score (nSPS) is 10.4. The van der Waals surface area contributed by atoms with Crippen LogP contribution in [0.5, 0.6) is 5.75 Å². The second-order valence-corrected chi connectivity index (χ2v) is 6.28. The van der Waals surface area contributed by atoms with E-state index >= 15 is 0 Å². The quantitative estimate of drug-likeness (QED) is 0.792. The molecule has 0 aliphatic heterocycles. The molecule has 0 unspecified atom stereocenters. The van der Waals surface area contributed by atoms with Crippen LogP contribution < -0.4 is 4.74 Å². The summed E-state index contributed by atoms with van der Waals surface area (Å²) in [5.74, 6) is -0.517. The summed E-state index contributed by atoms with van der Waals surface area (Å²) in [7, 11) is 1.75. The van der Waals surface area contributed by atoms with Gasteiger partial charge in [0.15, 0.2) is 6.61 Å². The number of ether oxygens (including phenoxy) is 1. The molecule has 0 atom stereocenters. The molecule has 2 rings (SSSR count). The van der Waals surface area contributed by atoms with Gasteiger partial charge in [0.2, 0.25) is 5.91 Å². The lowest BCUT2D eigenvalue weighted by molar-refractivity contribution is -0.139. The minimum atomic E-state index is -1.02. The van der Waals surface area contributed by atoms with E-state index in [0.717, 1.165) is 22.7 Å². The fourth-order valence-corrected chi connectivity index (χ4v) is 2.83. The van der Waals surface area contributed by atoms with Gasteiger partial charge in [-0.3, -0.25) is 4.79 Å². The number of aryl methyl sites for hydroxylation is 1. The molecular formula is C17H20N2O4S. The van der Waals surface area contributed by atoms with Gasteiger partial charge in [-0.1, -0.05) is 19.1 Å². The van der Waals surface area contributed by atoms with Gasteiger partial charge in [-0.25, -0.2) is 9.78 Å². The number of thiazole rings is 1. The van der Waals surface area contributed by atoms with Crippen molar-refractivity contribution in [3.8, 4) is 5.75 Å². The predicted molar refractivity (Wildman–Crippen MR) is 91.2 cm³/mol. The number of carbonyl (C=O) groups is 2. The Morgan fingerprint density at radius 3 is 2.58 bits per heavy atom. The molecule has 128 valence electrons. The molecule has 6 nitrogen and oxygen atoms in total. The van der Waals surface area contributed by atoms with Crippen LogP contribution in [-0.2, 0) is 29.0 Å². The molecule has 1 heterocycles. The molecule has 1 aromatic carbocycles. The number of aromatic nitrogens is 1. The van der Waals surface area contributed by atoms with E-state index in [0.29, 0.717) is 18.7 Å². The number of hydrogen-bond donors (Lipinski definition) is 1. The van der Waals surface area contributed by atoms with Crippen molar-refractivity contribution < 1.29 is 19.4 Å². The summed E-state index contributed by atoms with van der Waals surface area (Å²) in [6.07, 6.45) is 1.18. The number of benzene rings is 1. The van der Waals surface area contributed by atoms with Crippen molar-refractivity contribution in [2.45, 2.75) is 26.3 Å². The summed E-state index contributed by atoms with van der Waals surface area (Å²) in [6, 6.07) is 7.03. The minimum absolute atomic E-state index is 0.00848. The SMILES string of the molecule is CCc1nc(CC(=O)N(C)Cc2ccc(OCC(=O)O)cc2)cs1. The van der Waals surface area contributed by atoms with E-state index in [2.05, 4.69) is 4.98 Å². The number of nitrogens with zero attached hydrogens (tertiary/aromatic N) is 2. The van der Waals surface area contributed by atoms with Crippen molar-refractivity contribution in [3.63, 3.8) is 0 Å². The number of carboxylic acids is 1. The van der Waals surface area contributed by atoms with Gasteiger partial charge in [0.1, 0.15) is 5.75 Å². The summed E-state index contributed by atoms with van der Waals surface area (Å²) in [5.41, 5.74) is 1.76. The third-order valence-electron chi connectivity index (χ3n) is 3.37. The lowest BCUT2D eigenvalue weighted by atomic mass is 10.2. The van der Waals surface area contributed by atoms with Crippen LogP contribution in [0.2, 0.25) is 0 Å². The molecule has 0 saturated heterocycles. The number of rotatable bonds is 8. The van der Waals surface area contributed by atoms with Gasteiger partial charge >= 0.3 is 5.97 Å². The third kappa shape index (κ3) is 5.34. The maximum Gasteiger partial charge on any atom is 0.341 e. The highest BCUT2D eigenvalue weighted by Gasteiger charge is 2.12.